The van der Waals surface area contributed by atoms with Gasteiger partial charge in [0.15, 0.2) is 0 Å². The van der Waals surface area contributed by atoms with Crippen molar-refractivity contribution in [3.05, 3.63) is 226 Å². The molecule has 53 heavy (non-hydrogen) atoms. The normalized spacial score (nSPS) is 11.3. The van der Waals surface area contributed by atoms with Crippen LogP contribution in [0.1, 0.15) is 0 Å². The molecule has 0 atom stereocenters. The van der Waals surface area contributed by atoms with E-state index in [1.54, 1.807) is 0 Å². The quantitative estimate of drug-likeness (QED) is 0.0887. The van der Waals surface area contributed by atoms with Gasteiger partial charge < -0.3 is 0 Å². The summed E-state index contributed by atoms with van der Waals surface area (Å²) < 4.78 is 2.86. The van der Waals surface area contributed by atoms with Crippen LogP contribution in [0.15, 0.2) is 267 Å². The topological polar surface area (TPSA) is 0 Å². The molecule has 0 aliphatic rings. The second-order valence-electron chi connectivity index (χ2n) is 12.0. The second-order valence-corrected chi connectivity index (χ2v) is 21.4. The minimum absolute atomic E-state index is 0.126. The summed E-state index contributed by atoms with van der Waals surface area (Å²) in [6.45, 7) is 0. The SMILES string of the molecule is c1ccc([S+](c2ccccc2)c2ccc(Sc3ccc([I-]c4ccc(Sc5ccc([S+](c6ccccc6)c6ccccc6)cc5)cc4)cc3)cc2)cc1. The predicted molar refractivity (Wildman–Crippen MR) is 222 cm³/mol. The van der Waals surface area contributed by atoms with E-state index >= 15 is 0 Å². The molecule has 8 rings (SSSR count). The zero-order chi connectivity index (χ0) is 35.7. The average molecular weight is 868 g/mol. The van der Waals surface area contributed by atoms with Crippen molar-refractivity contribution in [2.75, 3.05) is 0 Å². The van der Waals surface area contributed by atoms with Gasteiger partial charge in [0.05, 0.1) is 0 Å². The van der Waals surface area contributed by atoms with Gasteiger partial charge in [-0.15, -0.1) is 0 Å². The van der Waals surface area contributed by atoms with Crippen LogP contribution in [-0.4, -0.2) is 0 Å². The van der Waals surface area contributed by atoms with Crippen molar-refractivity contribution in [3.8, 4) is 0 Å². The minimum Gasteiger partial charge on any atom is -0.0572 e. The van der Waals surface area contributed by atoms with Crippen LogP contribution in [-0.2, 0) is 21.8 Å². The molecule has 0 nitrogen and oxygen atoms in total. The summed E-state index contributed by atoms with van der Waals surface area (Å²) in [7, 11) is -0.252. The van der Waals surface area contributed by atoms with Crippen molar-refractivity contribution in [2.24, 2.45) is 0 Å². The fourth-order valence-corrected chi connectivity index (χ4v) is 13.8. The van der Waals surface area contributed by atoms with E-state index in [0.29, 0.717) is 0 Å². The second kappa shape index (κ2) is 17.8. The molecule has 0 aromatic heterocycles. The van der Waals surface area contributed by atoms with Gasteiger partial charge in [0, 0.05) is 0 Å². The summed E-state index contributed by atoms with van der Waals surface area (Å²) >= 11 is 3.41. The molecular weight excluding hydrogens is 832 g/mol. The summed E-state index contributed by atoms with van der Waals surface area (Å²) in [5.74, 6) is 0. The van der Waals surface area contributed by atoms with E-state index in [4.69, 9.17) is 0 Å². The molecule has 0 heterocycles. The van der Waals surface area contributed by atoms with E-state index in [-0.39, 0.29) is 43.0 Å². The Labute approximate surface area is 338 Å². The number of benzene rings is 8. The van der Waals surface area contributed by atoms with E-state index in [0.717, 1.165) is 0 Å². The standard InChI is InChI=1S/C48H36IS4/c1-5-13-43(14-6-1)52(44-15-7-2-8-16-44)47-33-29-41(30-34-47)50-39-25-21-37(22-26-39)49-38-23-27-40(28-24-38)51-42-31-35-48(36-32-42)53(45-17-9-3-10-18-45)46-19-11-4-12-20-46/h1-36H/q+1. The summed E-state index contributed by atoms with van der Waals surface area (Å²) in [5.41, 5.74) is 0. The molecule has 0 fully saturated rings. The van der Waals surface area contributed by atoms with Crippen molar-refractivity contribution in [3.63, 3.8) is 0 Å². The van der Waals surface area contributed by atoms with Crippen molar-refractivity contribution in [1.82, 2.24) is 0 Å². The van der Waals surface area contributed by atoms with Crippen LogP contribution in [0.3, 0.4) is 0 Å². The Morgan fingerprint density at radius 3 is 0.736 bits per heavy atom. The number of halogens is 1. The minimum atomic E-state index is -0.249. The van der Waals surface area contributed by atoms with Crippen LogP contribution in [0, 0.1) is 7.14 Å². The first-order valence-electron chi connectivity index (χ1n) is 17.3. The van der Waals surface area contributed by atoms with Crippen LogP contribution in [0.25, 0.3) is 0 Å². The molecule has 0 saturated carbocycles. The van der Waals surface area contributed by atoms with Crippen molar-refractivity contribution in [2.45, 2.75) is 49.0 Å². The summed E-state index contributed by atoms with van der Waals surface area (Å²) in [4.78, 5) is 13.1. The summed E-state index contributed by atoms with van der Waals surface area (Å²) in [6.07, 6.45) is 0. The zero-order valence-corrected chi connectivity index (χ0v) is 34.2. The molecule has 258 valence electrons. The first-order valence-corrected chi connectivity index (χ1v) is 23.6. The molecule has 0 aliphatic carbocycles. The molecule has 0 amide bonds. The maximum atomic E-state index is 2.31. The third-order valence-corrected chi connectivity index (χ3v) is 17.5. The Hall–Kier alpha value is -4.11. The van der Waals surface area contributed by atoms with E-state index in [9.17, 15) is 0 Å². The Bertz CT molecular complexity index is 2070. The molecule has 0 unspecified atom stereocenters. The van der Waals surface area contributed by atoms with Gasteiger partial charge in [-0.3, -0.25) is 0 Å². The molecular formula is C48H36IS4+. The van der Waals surface area contributed by atoms with E-state index in [1.165, 1.54) is 56.1 Å². The van der Waals surface area contributed by atoms with E-state index in [2.05, 4.69) is 218 Å². The molecule has 0 saturated heterocycles. The van der Waals surface area contributed by atoms with E-state index < -0.39 is 0 Å². The Morgan fingerprint density at radius 2 is 0.472 bits per heavy atom. The third kappa shape index (κ3) is 9.34. The van der Waals surface area contributed by atoms with Gasteiger partial charge in [-0.25, -0.2) is 0 Å². The average Bonchev–Trinajstić information content (AvgIpc) is 3.22. The Kier molecular flexibility index (Phi) is 12.1. The van der Waals surface area contributed by atoms with Crippen molar-refractivity contribution < 1.29 is 21.2 Å². The number of hydrogen-bond acceptors (Lipinski definition) is 2. The molecule has 8 aromatic rings. The van der Waals surface area contributed by atoms with Crippen LogP contribution >= 0.6 is 23.5 Å². The van der Waals surface area contributed by atoms with Crippen molar-refractivity contribution in [1.29, 1.82) is 0 Å². The van der Waals surface area contributed by atoms with Crippen molar-refractivity contribution >= 4 is 45.3 Å². The monoisotopic (exact) mass is 867 g/mol. The van der Waals surface area contributed by atoms with Crippen LogP contribution in [0.4, 0.5) is 0 Å². The number of hydrogen-bond donors (Lipinski definition) is 0. The molecule has 0 radical (unpaired) electrons. The zero-order valence-electron chi connectivity index (χ0n) is 28.8. The fourth-order valence-electron chi connectivity index (χ4n) is 5.86. The third-order valence-electron chi connectivity index (χ3n) is 8.35. The molecule has 0 N–H and O–H groups in total. The predicted octanol–water partition coefficient (Wildman–Crippen LogP) is 10.3. The summed E-state index contributed by atoms with van der Waals surface area (Å²) in [5, 5.41) is 0. The van der Waals surface area contributed by atoms with Gasteiger partial charge in [-0.2, -0.15) is 0 Å². The van der Waals surface area contributed by atoms with Gasteiger partial charge in [-0.1, -0.05) is 72.8 Å². The molecule has 0 spiro atoms. The Balaban J connectivity index is 0.882. The first kappa shape index (κ1) is 35.9. The Morgan fingerprint density at radius 1 is 0.245 bits per heavy atom. The first-order chi connectivity index (χ1) is 26.2. The smallest absolute Gasteiger partial charge is 0.0572 e. The molecule has 8 aromatic carbocycles. The van der Waals surface area contributed by atoms with Gasteiger partial charge in [-0.05, 0) is 0 Å². The summed E-state index contributed by atoms with van der Waals surface area (Å²) in [6, 6.07) is 80.0. The number of rotatable bonds is 12. The van der Waals surface area contributed by atoms with Gasteiger partial charge in [0.25, 0.3) is 0 Å². The van der Waals surface area contributed by atoms with Crippen LogP contribution < -0.4 is 21.2 Å². The molecule has 0 aliphatic heterocycles. The van der Waals surface area contributed by atoms with Gasteiger partial charge in [0.2, 0.25) is 0 Å². The maximum absolute atomic E-state index is 2.31. The van der Waals surface area contributed by atoms with Gasteiger partial charge in [0.1, 0.15) is 0 Å². The van der Waals surface area contributed by atoms with Gasteiger partial charge >= 0.3 is 268 Å². The molecule has 5 heteroatoms. The van der Waals surface area contributed by atoms with Crippen LogP contribution in [0.2, 0.25) is 0 Å². The fraction of sp³-hybridized carbons (Fsp3) is 0. The molecule has 0 bridgehead atoms. The van der Waals surface area contributed by atoms with E-state index in [1.807, 2.05) is 23.5 Å². The van der Waals surface area contributed by atoms with Crippen LogP contribution in [0.5, 0.6) is 0 Å².